The van der Waals surface area contributed by atoms with E-state index in [0.29, 0.717) is 19.6 Å². The number of halogens is 1. The molecule has 6 heteroatoms. The fourth-order valence-corrected chi connectivity index (χ4v) is 3.10. The summed E-state index contributed by atoms with van der Waals surface area (Å²) in [5.74, 6) is 0.969. The monoisotopic (exact) mass is 349 g/mol. The zero-order valence-corrected chi connectivity index (χ0v) is 13.7. The molecule has 0 aromatic heterocycles. The molecule has 0 amide bonds. The highest BCUT2D eigenvalue weighted by molar-refractivity contribution is 9.10. The van der Waals surface area contributed by atoms with E-state index in [0.717, 1.165) is 27.8 Å². The van der Waals surface area contributed by atoms with E-state index in [1.807, 2.05) is 19.1 Å². The Morgan fingerprint density at radius 3 is 2.63 bits per heavy atom. The molecule has 1 rings (SSSR count). The molecule has 1 aromatic carbocycles. The molecule has 0 fully saturated rings. The van der Waals surface area contributed by atoms with E-state index < -0.39 is 9.84 Å². The largest absolute Gasteiger partial charge is 0.493 e. The van der Waals surface area contributed by atoms with Crippen LogP contribution in [0.15, 0.2) is 16.6 Å². The summed E-state index contributed by atoms with van der Waals surface area (Å²) in [7, 11) is -2.92. The van der Waals surface area contributed by atoms with Crippen molar-refractivity contribution in [1.82, 2.24) is 0 Å². The van der Waals surface area contributed by atoms with Crippen LogP contribution in [0.1, 0.15) is 17.5 Å². The molecule has 0 spiro atoms. The van der Waals surface area contributed by atoms with Gasteiger partial charge in [-0.2, -0.15) is 0 Å². The summed E-state index contributed by atoms with van der Waals surface area (Å²) in [6.45, 7) is 2.92. The van der Waals surface area contributed by atoms with E-state index >= 15 is 0 Å². The van der Waals surface area contributed by atoms with E-state index in [2.05, 4.69) is 15.9 Å². The van der Waals surface area contributed by atoms with Crippen molar-refractivity contribution in [2.45, 2.75) is 19.8 Å². The summed E-state index contributed by atoms with van der Waals surface area (Å²) >= 11 is 3.45. The molecule has 0 saturated heterocycles. The van der Waals surface area contributed by atoms with Gasteiger partial charge in [0.2, 0.25) is 0 Å². The number of nitrogens with two attached hydrogens (primary N) is 1. The summed E-state index contributed by atoms with van der Waals surface area (Å²) in [5.41, 5.74) is 7.67. The molecule has 0 unspecified atom stereocenters. The Labute approximate surface area is 123 Å². The van der Waals surface area contributed by atoms with Gasteiger partial charge in [0.1, 0.15) is 15.6 Å². The van der Waals surface area contributed by atoms with Crippen molar-refractivity contribution < 1.29 is 13.2 Å². The Morgan fingerprint density at radius 1 is 1.37 bits per heavy atom. The Bertz CT molecular complexity index is 529. The second kappa shape index (κ2) is 7.26. The smallest absolute Gasteiger partial charge is 0.147 e. The molecule has 2 N–H and O–H groups in total. The summed E-state index contributed by atoms with van der Waals surface area (Å²) in [5, 5.41) is 0. The second-order valence-corrected chi connectivity index (χ2v) is 7.76. The lowest BCUT2D eigenvalue weighted by Gasteiger charge is -2.14. The average molecular weight is 350 g/mol. The minimum atomic E-state index is -2.92. The van der Waals surface area contributed by atoms with Crippen LogP contribution in [0, 0.1) is 6.92 Å². The summed E-state index contributed by atoms with van der Waals surface area (Å²) in [6, 6.07) is 3.97. The second-order valence-electron chi connectivity index (χ2n) is 4.58. The van der Waals surface area contributed by atoms with Crippen LogP contribution in [-0.4, -0.2) is 33.6 Å². The van der Waals surface area contributed by atoms with Gasteiger partial charge in [-0.25, -0.2) is 8.42 Å². The first-order valence-corrected chi connectivity index (χ1v) is 8.98. The molecule has 0 saturated carbocycles. The first-order chi connectivity index (χ1) is 8.83. The molecule has 1 aromatic rings. The molecular weight excluding hydrogens is 330 g/mol. The number of benzene rings is 1. The van der Waals surface area contributed by atoms with Gasteiger partial charge in [0, 0.05) is 10.7 Å². The first-order valence-electron chi connectivity index (χ1n) is 6.13. The topological polar surface area (TPSA) is 69.4 Å². The number of rotatable bonds is 7. The molecule has 19 heavy (non-hydrogen) atoms. The van der Waals surface area contributed by atoms with Crippen LogP contribution >= 0.6 is 15.9 Å². The van der Waals surface area contributed by atoms with Crippen LogP contribution in [0.25, 0.3) is 0 Å². The molecule has 108 valence electrons. The van der Waals surface area contributed by atoms with Crippen LogP contribution in [0.3, 0.4) is 0 Å². The van der Waals surface area contributed by atoms with Gasteiger partial charge in [-0.1, -0.05) is 15.9 Å². The molecule has 0 aliphatic carbocycles. The van der Waals surface area contributed by atoms with Crippen molar-refractivity contribution in [3.8, 4) is 5.75 Å². The maximum absolute atomic E-state index is 11.0. The average Bonchev–Trinajstić information content (AvgIpc) is 2.25. The lowest BCUT2D eigenvalue weighted by Crippen LogP contribution is -2.10. The normalized spacial score (nSPS) is 11.6. The summed E-state index contributed by atoms with van der Waals surface area (Å²) in [6.07, 6.45) is 2.47. The van der Waals surface area contributed by atoms with Crippen molar-refractivity contribution in [2.24, 2.45) is 5.73 Å². The third-order valence-electron chi connectivity index (χ3n) is 2.64. The minimum Gasteiger partial charge on any atom is -0.493 e. The Morgan fingerprint density at radius 2 is 2.05 bits per heavy atom. The fourth-order valence-electron chi connectivity index (χ4n) is 1.84. The lowest BCUT2D eigenvalue weighted by atomic mass is 10.1. The van der Waals surface area contributed by atoms with Gasteiger partial charge >= 0.3 is 0 Å². The Hall–Kier alpha value is -0.590. The van der Waals surface area contributed by atoms with E-state index in [4.69, 9.17) is 10.5 Å². The molecule has 0 radical (unpaired) electrons. The quantitative estimate of drug-likeness (QED) is 0.765. The summed E-state index contributed by atoms with van der Waals surface area (Å²) in [4.78, 5) is 0. The highest BCUT2D eigenvalue weighted by atomic mass is 79.9. The first kappa shape index (κ1) is 16.5. The SMILES string of the molecule is Cc1cc(Br)cc(CCN)c1OCCCS(C)(=O)=O. The number of aryl methyl sites for hydroxylation is 1. The van der Waals surface area contributed by atoms with Crippen molar-refractivity contribution >= 4 is 25.8 Å². The van der Waals surface area contributed by atoms with Crippen LogP contribution < -0.4 is 10.5 Å². The van der Waals surface area contributed by atoms with Gasteiger partial charge in [-0.15, -0.1) is 0 Å². The van der Waals surface area contributed by atoms with Crippen molar-refractivity contribution in [1.29, 1.82) is 0 Å². The van der Waals surface area contributed by atoms with Gasteiger partial charge in [0.15, 0.2) is 0 Å². The minimum absolute atomic E-state index is 0.148. The Balaban J connectivity index is 2.71. The predicted octanol–water partition coefficient (Wildman–Crippen LogP) is 2.07. The standard InChI is InChI=1S/C13H20BrNO3S/c1-10-8-12(14)9-11(4-5-15)13(10)18-6-3-7-19(2,16)17/h8-9H,3-7,15H2,1-2H3. The maximum Gasteiger partial charge on any atom is 0.147 e. The van der Waals surface area contributed by atoms with Crippen molar-refractivity contribution in [3.63, 3.8) is 0 Å². The van der Waals surface area contributed by atoms with E-state index in [-0.39, 0.29) is 5.75 Å². The third-order valence-corrected chi connectivity index (χ3v) is 4.12. The summed E-state index contributed by atoms with van der Waals surface area (Å²) < 4.78 is 28.8. The highest BCUT2D eigenvalue weighted by Crippen LogP contribution is 2.28. The highest BCUT2D eigenvalue weighted by Gasteiger charge is 2.09. The predicted molar refractivity (Wildman–Crippen MR) is 81.5 cm³/mol. The number of hydrogen-bond donors (Lipinski definition) is 1. The van der Waals surface area contributed by atoms with Gasteiger partial charge in [0.25, 0.3) is 0 Å². The van der Waals surface area contributed by atoms with Crippen LogP contribution in [0.2, 0.25) is 0 Å². The molecule has 0 aliphatic heterocycles. The van der Waals surface area contributed by atoms with Gasteiger partial charge in [0.05, 0.1) is 12.4 Å². The van der Waals surface area contributed by atoms with Gasteiger partial charge in [-0.05, 0) is 49.6 Å². The van der Waals surface area contributed by atoms with Crippen LogP contribution in [0.4, 0.5) is 0 Å². The third kappa shape index (κ3) is 5.93. The maximum atomic E-state index is 11.0. The zero-order valence-electron chi connectivity index (χ0n) is 11.3. The zero-order chi connectivity index (χ0) is 14.5. The number of hydrogen-bond acceptors (Lipinski definition) is 4. The molecule has 4 nitrogen and oxygen atoms in total. The Kier molecular flexibility index (Phi) is 6.29. The molecular formula is C13H20BrNO3S. The lowest BCUT2D eigenvalue weighted by molar-refractivity contribution is 0.312. The van der Waals surface area contributed by atoms with Crippen molar-refractivity contribution in [2.75, 3.05) is 25.2 Å². The fraction of sp³-hybridized carbons (Fsp3) is 0.538. The molecule has 0 heterocycles. The van der Waals surface area contributed by atoms with Crippen molar-refractivity contribution in [3.05, 3.63) is 27.7 Å². The molecule has 0 bridgehead atoms. The number of sulfone groups is 1. The molecule has 0 atom stereocenters. The van der Waals surface area contributed by atoms with E-state index in [1.54, 1.807) is 0 Å². The molecule has 0 aliphatic rings. The van der Waals surface area contributed by atoms with Gasteiger partial charge < -0.3 is 10.5 Å². The number of ether oxygens (including phenoxy) is 1. The van der Waals surface area contributed by atoms with Crippen LogP contribution in [0.5, 0.6) is 5.75 Å². The van der Waals surface area contributed by atoms with E-state index in [1.165, 1.54) is 6.26 Å². The van der Waals surface area contributed by atoms with Crippen LogP contribution in [-0.2, 0) is 16.3 Å². The van der Waals surface area contributed by atoms with E-state index in [9.17, 15) is 8.42 Å². The van der Waals surface area contributed by atoms with Gasteiger partial charge in [-0.3, -0.25) is 0 Å².